The van der Waals surface area contributed by atoms with Crippen molar-refractivity contribution in [3.8, 4) is 0 Å². The minimum atomic E-state index is 0. The number of aromatic nitrogens is 8. The minimum Gasteiger partial charge on any atom is -0.381 e. The molecule has 370 valence electrons. The van der Waals surface area contributed by atoms with Gasteiger partial charge in [0.2, 0.25) is 5.28 Å². The molecule has 2 saturated carbocycles. The maximum atomic E-state index is 6.15. The van der Waals surface area contributed by atoms with Crippen LogP contribution in [0.15, 0.2) is 12.4 Å². The molecule has 0 aromatic carbocycles. The molecule has 8 heterocycles. The second-order valence-electron chi connectivity index (χ2n) is 18.6. The van der Waals surface area contributed by atoms with Crippen LogP contribution in [-0.2, 0) is 41.7 Å². The predicted octanol–water partition coefficient (Wildman–Crippen LogP) is 8.64. The zero-order valence-electron chi connectivity index (χ0n) is 40.0. The zero-order valence-corrected chi connectivity index (χ0v) is 45.3. The van der Waals surface area contributed by atoms with Crippen molar-refractivity contribution in [2.45, 2.75) is 148 Å². The van der Waals surface area contributed by atoms with Crippen LogP contribution in [0.4, 0.5) is 11.6 Å². The van der Waals surface area contributed by atoms with Gasteiger partial charge in [-0.1, -0.05) is 35.1 Å². The van der Waals surface area contributed by atoms with Gasteiger partial charge < -0.3 is 32.3 Å². The Kier molecular flexibility index (Phi) is 22.9. The van der Waals surface area contributed by atoms with E-state index >= 15 is 0 Å². The summed E-state index contributed by atoms with van der Waals surface area (Å²) in [5.74, 6) is 3.32. The molecule has 68 heavy (non-hydrogen) atoms. The van der Waals surface area contributed by atoms with Crippen LogP contribution >= 0.6 is 34.7 Å². The summed E-state index contributed by atoms with van der Waals surface area (Å²) in [4.78, 5) is 26.0. The average Bonchev–Trinajstić information content (AvgIpc) is 4.11. The normalized spacial score (nSPS) is 22.8. The first kappa shape index (κ1) is 56.6. The van der Waals surface area contributed by atoms with Crippen LogP contribution in [0.1, 0.15) is 140 Å². The number of morpholine rings is 2. The molecule has 0 amide bonds. The Morgan fingerprint density at radius 1 is 0.647 bits per heavy atom. The Hall–Kier alpha value is -2.34. The number of nitrogens with one attached hydrogen (secondary N) is 2. The first-order valence-electron chi connectivity index (χ1n) is 23.9. The number of nitrogens with zero attached hydrogens (tertiary/aromatic N) is 10. The Morgan fingerprint density at radius 2 is 1.10 bits per heavy atom. The van der Waals surface area contributed by atoms with Crippen LogP contribution in [-0.4, -0.2) is 154 Å². The fourth-order valence-electron chi connectivity index (χ4n) is 10.1. The van der Waals surface area contributed by atoms with E-state index in [1.165, 1.54) is 48.7 Å². The molecule has 5 aromatic rings. The van der Waals surface area contributed by atoms with E-state index < -0.39 is 0 Å². The van der Waals surface area contributed by atoms with Crippen molar-refractivity contribution in [2.24, 2.45) is 0 Å². The van der Waals surface area contributed by atoms with Crippen LogP contribution < -0.4 is 10.6 Å². The van der Waals surface area contributed by atoms with Gasteiger partial charge in [0.05, 0.1) is 60.8 Å². The summed E-state index contributed by atoms with van der Waals surface area (Å²) in [5.41, 5.74) is 3.31. The third-order valence-corrected chi connectivity index (χ3v) is 15.3. The number of hydrogen-bond donors (Lipinski definition) is 2. The molecule has 10 rings (SSSR count). The molecule has 15 nitrogen and oxygen atoms in total. The maximum absolute atomic E-state index is 6.15. The Labute approximate surface area is 435 Å². The second kappa shape index (κ2) is 27.5. The summed E-state index contributed by atoms with van der Waals surface area (Å²) in [6.45, 7) is 18.1. The fraction of sp³-hybridized carbons (Fsp3) is 0.702. The number of hydrogen-bond acceptors (Lipinski definition) is 16. The van der Waals surface area contributed by atoms with Gasteiger partial charge in [0.1, 0.15) is 22.3 Å². The summed E-state index contributed by atoms with van der Waals surface area (Å²) in [7, 11) is 8.00. The van der Waals surface area contributed by atoms with Crippen molar-refractivity contribution in [1.29, 1.82) is 0 Å². The van der Waals surface area contributed by atoms with Crippen molar-refractivity contribution >= 4 is 82.2 Å². The summed E-state index contributed by atoms with van der Waals surface area (Å²) >= 11 is 9.06. The third-order valence-electron chi connectivity index (χ3n) is 13.6. The van der Waals surface area contributed by atoms with Crippen molar-refractivity contribution < 1.29 is 35.3 Å². The number of ether oxygens (including phenoxy) is 3. The molecule has 5 aromatic heterocycles. The molecule has 21 heteroatoms. The van der Waals surface area contributed by atoms with E-state index in [2.05, 4.69) is 93.9 Å². The largest absolute Gasteiger partial charge is 0.381 e. The molecule has 2 N–H and O–H groups in total. The van der Waals surface area contributed by atoms with Gasteiger partial charge in [0, 0.05) is 113 Å². The van der Waals surface area contributed by atoms with E-state index in [0.717, 1.165) is 159 Å². The standard InChI is InChI=1S/C27H39N7O2S.C18H26ClN5OS.CH4.CH3.B2.W/c1-18(2)25-24-26(29-20-3-5-21(6-4-20)33-9-13-36-14-10-33)30-23(31-27(24)37-32-25)15-19-16-28-34(17-19)22-7-11-35-12-8-22;1-11(2)15-14-16(21-18(19)22-17(14)26-23-15)20-12-3-5-13(6-4-12)24-7-9-25-10-8-24;;;1-2;/h16-18,20-22H,3-15H2,1-2H3,(H,29,30,31);11-13H,3-10H2,1-2H3,(H,20,21,22);1H4;1H3;;/q;;;-1;;. The fourth-order valence-corrected chi connectivity index (χ4v) is 12.1. The van der Waals surface area contributed by atoms with E-state index in [4.69, 9.17) is 40.2 Å². The van der Waals surface area contributed by atoms with E-state index in [-0.39, 0.29) is 35.9 Å². The molecule has 2 aliphatic carbocycles. The summed E-state index contributed by atoms with van der Waals surface area (Å²) < 4.78 is 28.0. The SMILES string of the molecule is C.CC(C)c1nsc2nc(Cc3cnn(C4CCOCC4)c3)nc(NC3CCC(N4CCOCC4)CC3)c12.CC(C)c1nsc2nc(Cl)nc(NC3CCC(N4CCOCC4)CC3)c12.[B][B].[CH3-].[W]. The molecule has 3 saturated heterocycles. The van der Waals surface area contributed by atoms with Crippen LogP contribution in [0.2, 0.25) is 5.28 Å². The first-order chi connectivity index (χ1) is 31.8. The van der Waals surface area contributed by atoms with Gasteiger partial charge in [-0.3, -0.25) is 14.5 Å². The maximum Gasteiger partial charge on any atom is 0.225 e. The van der Waals surface area contributed by atoms with Crippen molar-refractivity contribution in [1.82, 2.24) is 48.3 Å². The molecular formula is C47H72B2ClN12O3S2W-. The minimum absolute atomic E-state index is 0. The molecule has 5 aliphatic rings. The number of fused-ring (bicyclic) bond motifs is 2. The van der Waals surface area contributed by atoms with E-state index in [0.29, 0.717) is 53.7 Å². The molecule has 0 spiro atoms. The number of halogens is 1. The molecule has 0 unspecified atom stereocenters. The average molecular weight is 1160 g/mol. The topological polar surface area (TPSA) is 153 Å². The Bertz CT molecular complexity index is 2260. The number of anilines is 2. The third kappa shape index (κ3) is 14.2. The number of rotatable bonds is 11. The van der Waals surface area contributed by atoms with Gasteiger partial charge in [-0.05, 0) is 116 Å². The predicted molar refractivity (Wildman–Crippen MR) is 277 cm³/mol. The van der Waals surface area contributed by atoms with E-state index in [9.17, 15) is 0 Å². The monoisotopic (exact) mass is 1160 g/mol. The van der Waals surface area contributed by atoms with Gasteiger partial charge >= 0.3 is 0 Å². The summed E-state index contributed by atoms with van der Waals surface area (Å²) in [6.07, 6.45) is 16.4. The quantitative estimate of drug-likeness (QED) is 0.0737. The smallest absolute Gasteiger partial charge is 0.225 e. The molecule has 0 bridgehead atoms. The van der Waals surface area contributed by atoms with E-state index in [1.54, 1.807) is 0 Å². The first-order valence-corrected chi connectivity index (χ1v) is 25.8. The van der Waals surface area contributed by atoms with Crippen molar-refractivity contribution in [3.63, 3.8) is 0 Å². The van der Waals surface area contributed by atoms with Crippen LogP contribution in [0.25, 0.3) is 20.4 Å². The van der Waals surface area contributed by atoms with Gasteiger partial charge in [0.25, 0.3) is 0 Å². The van der Waals surface area contributed by atoms with Gasteiger partial charge in [-0.25, -0.2) is 19.9 Å². The summed E-state index contributed by atoms with van der Waals surface area (Å²) in [5, 5.41) is 14.6. The molecule has 0 atom stereocenters. The van der Waals surface area contributed by atoms with Gasteiger partial charge in [-0.15, -0.1) is 0 Å². The van der Waals surface area contributed by atoms with Gasteiger partial charge in [-0.2, -0.15) is 13.8 Å². The van der Waals surface area contributed by atoms with E-state index in [1.807, 2.05) is 6.20 Å². The zero-order chi connectivity index (χ0) is 45.3. The van der Waals surface area contributed by atoms with Gasteiger partial charge in [0.15, 0.2) is 4.83 Å². The Balaban J connectivity index is 0.000000247. The van der Waals surface area contributed by atoms with Crippen molar-refractivity contribution in [3.05, 3.63) is 47.9 Å². The molecular weight excluding hydrogens is 1090 g/mol. The van der Waals surface area contributed by atoms with Crippen LogP contribution in [0.5, 0.6) is 0 Å². The van der Waals surface area contributed by atoms with Crippen LogP contribution in [0.3, 0.4) is 0 Å². The van der Waals surface area contributed by atoms with Crippen LogP contribution in [0, 0.1) is 7.43 Å². The Morgan fingerprint density at radius 3 is 1.59 bits per heavy atom. The van der Waals surface area contributed by atoms with Crippen molar-refractivity contribution in [2.75, 3.05) is 76.5 Å². The molecule has 3 aliphatic heterocycles. The molecule has 5 fully saturated rings. The second-order valence-corrected chi connectivity index (χ2v) is 20.4. The molecule has 4 radical (unpaired) electrons. The summed E-state index contributed by atoms with van der Waals surface area (Å²) in [6, 6.07) is 2.66.